The summed E-state index contributed by atoms with van der Waals surface area (Å²) in [6, 6.07) is 0. The average molecular weight is 272 g/mol. The van der Waals surface area contributed by atoms with Crippen LogP contribution in [0.3, 0.4) is 0 Å². The van der Waals surface area contributed by atoms with Crippen LogP contribution in [-0.4, -0.2) is 54.0 Å². The van der Waals surface area contributed by atoms with Gasteiger partial charge in [-0.3, -0.25) is 0 Å². The van der Waals surface area contributed by atoms with Gasteiger partial charge < -0.3 is 28.8 Å². The van der Waals surface area contributed by atoms with Gasteiger partial charge in [0.05, 0.1) is 6.10 Å². The monoisotopic (exact) mass is 272 g/mol. The molecule has 1 unspecified atom stereocenters. The Morgan fingerprint density at radius 3 is 2.79 bits per heavy atom. The third kappa shape index (κ3) is 1.86. The minimum Gasteiger partial charge on any atom is -0.373 e. The minimum atomic E-state index is -1.20. The normalized spacial score (nSPS) is 55.4. The van der Waals surface area contributed by atoms with Gasteiger partial charge in [0.2, 0.25) is 0 Å². The fourth-order valence-corrected chi connectivity index (χ4v) is 3.55. The van der Waals surface area contributed by atoms with E-state index in [2.05, 4.69) is 0 Å². The summed E-state index contributed by atoms with van der Waals surface area (Å²) in [5, 5.41) is 10.6. The molecule has 0 bridgehead atoms. The molecule has 4 heterocycles. The molecule has 0 radical (unpaired) electrons. The molecule has 0 spiro atoms. The van der Waals surface area contributed by atoms with Crippen LogP contribution in [0, 0.1) is 0 Å². The van der Waals surface area contributed by atoms with Crippen LogP contribution in [0.4, 0.5) is 0 Å². The van der Waals surface area contributed by atoms with E-state index in [1.165, 1.54) is 0 Å². The molecule has 0 aromatic heterocycles. The van der Waals surface area contributed by atoms with Gasteiger partial charge in [0, 0.05) is 19.4 Å². The van der Waals surface area contributed by atoms with Crippen LogP contribution in [0.5, 0.6) is 0 Å². The second-order valence-corrected chi connectivity index (χ2v) is 6.27. The molecule has 4 fully saturated rings. The maximum Gasteiger partial charge on any atom is 0.192 e. The number of aliphatic hydroxyl groups is 1. The first-order valence-corrected chi connectivity index (χ1v) is 7.00. The van der Waals surface area contributed by atoms with E-state index >= 15 is 0 Å². The highest BCUT2D eigenvalue weighted by Gasteiger charge is 2.62. The van der Waals surface area contributed by atoms with Gasteiger partial charge in [-0.25, -0.2) is 0 Å². The topological polar surface area (TPSA) is 66.4 Å². The first-order valence-electron chi connectivity index (χ1n) is 7.00. The Labute approximate surface area is 111 Å². The highest BCUT2D eigenvalue weighted by molar-refractivity contribution is 5.02. The lowest BCUT2D eigenvalue weighted by atomic mass is 9.90. The van der Waals surface area contributed by atoms with Crippen molar-refractivity contribution in [2.45, 2.75) is 75.4 Å². The van der Waals surface area contributed by atoms with Gasteiger partial charge in [0.15, 0.2) is 17.9 Å². The Balaban J connectivity index is 1.57. The Kier molecular flexibility index (Phi) is 2.57. The predicted molar refractivity (Wildman–Crippen MR) is 62.1 cm³/mol. The lowest BCUT2D eigenvalue weighted by Gasteiger charge is -2.47. The van der Waals surface area contributed by atoms with Gasteiger partial charge in [-0.05, 0) is 20.3 Å². The van der Waals surface area contributed by atoms with E-state index in [9.17, 15) is 5.11 Å². The zero-order chi connectivity index (χ0) is 13.3. The van der Waals surface area contributed by atoms with Crippen LogP contribution >= 0.6 is 0 Å². The SMILES string of the molecule is CC1(C)O[C@H]2O[C@@H]3C[C@H]4OCCCC4(O)O[C@@H]3[C@H]2O1. The number of hydrogen-bond donors (Lipinski definition) is 1. The smallest absolute Gasteiger partial charge is 0.192 e. The second kappa shape index (κ2) is 3.90. The second-order valence-electron chi connectivity index (χ2n) is 6.27. The number of rotatable bonds is 0. The molecule has 4 aliphatic rings. The number of fused-ring (bicyclic) bond motifs is 4. The summed E-state index contributed by atoms with van der Waals surface area (Å²) in [4.78, 5) is 0. The minimum absolute atomic E-state index is 0.130. The maximum absolute atomic E-state index is 10.6. The van der Waals surface area contributed by atoms with Crippen molar-refractivity contribution in [3.8, 4) is 0 Å². The fourth-order valence-electron chi connectivity index (χ4n) is 3.55. The van der Waals surface area contributed by atoms with Crippen molar-refractivity contribution in [2.75, 3.05) is 6.61 Å². The van der Waals surface area contributed by atoms with Gasteiger partial charge in [0.25, 0.3) is 0 Å². The van der Waals surface area contributed by atoms with Gasteiger partial charge in [-0.1, -0.05) is 0 Å². The highest BCUT2D eigenvalue weighted by Crippen LogP contribution is 2.46. The molecule has 19 heavy (non-hydrogen) atoms. The van der Waals surface area contributed by atoms with Crippen molar-refractivity contribution < 1.29 is 28.8 Å². The summed E-state index contributed by atoms with van der Waals surface area (Å²) in [5.74, 6) is -1.86. The molecule has 1 N–H and O–H groups in total. The van der Waals surface area contributed by atoms with Gasteiger partial charge in [-0.15, -0.1) is 0 Å². The first-order chi connectivity index (χ1) is 8.97. The third-order valence-electron chi connectivity index (χ3n) is 4.38. The Morgan fingerprint density at radius 2 is 1.95 bits per heavy atom. The maximum atomic E-state index is 10.6. The van der Waals surface area contributed by atoms with E-state index in [1.807, 2.05) is 13.8 Å². The van der Waals surface area contributed by atoms with Crippen LogP contribution in [0.15, 0.2) is 0 Å². The zero-order valence-corrected chi connectivity index (χ0v) is 11.2. The molecule has 6 nitrogen and oxygen atoms in total. The van der Waals surface area contributed by atoms with Crippen molar-refractivity contribution in [3.05, 3.63) is 0 Å². The number of ether oxygens (including phenoxy) is 5. The van der Waals surface area contributed by atoms with Crippen LogP contribution < -0.4 is 0 Å². The van der Waals surface area contributed by atoms with Gasteiger partial charge >= 0.3 is 0 Å². The Morgan fingerprint density at radius 1 is 1.11 bits per heavy atom. The molecule has 0 aromatic carbocycles. The average Bonchev–Trinajstić information content (AvgIpc) is 2.78. The highest BCUT2D eigenvalue weighted by atomic mass is 16.8. The summed E-state index contributed by atoms with van der Waals surface area (Å²) in [7, 11) is 0. The third-order valence-corrected chi connectivity index (χ3v) is 4.38. The molecule has 4 saturated heterocycles. The van der Waals surface area contributed by atoms with Crippen molar-refractivity contribution in [1.82, 2.24) is 0 Å². The molecular weight excluding hydrogens is 252 g/mol. The number of hydrogen-bond acceptors (Lipinski definition) is 6. The molecule has 0 amide bonds. The van der Waals surface area contributed by atoms with E-state index in [4.69, 9.17) is 23.7 Å². The summed E-state index contributed by atoms with van der Waals surface area (Å²) in [6.07, 6.45) is 0.630. The molecule has 4 aliphatic heterocycles. The molecular formula is C13H20O6. The molecule has 0 aliphatic carbocycles. The van der Waals surface area contributed by atoms with E-state index in [0.29, 0.717) is 19.4 Å². The molecule has 0 aromatic rings. The van der Waals surface area contributed by atoms with Gasteiger partial charge in [0.1, 0.15) is 18.3 Å². The quantitative estimate of drug-likeness (QED) is 0.693. The van der Waals surface area contributed by atoms with E-state index in [-0.39, 0.29) is 24.4 Å². The summed E-state index contributed by atoms with van der Waals surface area (Å²) in [6.45, 7) is 4.38. The standard InChI is InChI=1S/C13H20O6/c1-12(2)17-10-9-7(16-11(10)19-12)6-8-13(14,18-9)4-3-5-15-8/h7-11,14H,3-6H2,1-2H3/t7-,8-,9+,10-,11-,13?/m1/s1. The molecule has 6 heteroatoms. The van der Waals surface area contributed by atoms with Crippen LogP contribution in [-0.2, 0) is 23.7 Å². The summed E-state index contributed by atoms with van der Waals surface area (Å²) >= 11 is 0. The Bertz CT molecular complexity index is 385. The molecule has 6 atom stereocenters. The summed E-state index contributed by atoms with van der Waals surface area (Å²) in [5.41, 5.74) is 0. The van der Waals surface area contributed by atoms with Crippen molar-refractivity contribution in [3.63, 3.8) is 0 Å². The van der Waals surface area contributed by atoms with Crippen LogP contribution in [0.1, 0.15) is 33.1 Å². The lowest BCUT2D eigenvalue weighted by Crippen LogP contribution is -2.60. The largest absolute Gasteiger partial charge is 0.373 e. The van der Waals surface area contributed by atoms with Gasteiger partial charge in [-0.2, -0.15) is 0 Å². The van der Waals surface area contributed by atoms with E-state index in [0.717, 1.165) is 6.42 Å². The molecule has 108 valence electrons. The zero-order valence-electron chi connectivity index (χ0n) is 11.2. The van der Waals surface area contributed by atoms with E-state index < -0.39 is 17.9 Å². The predicted octanol–water partition coefficient (Wildman–Crippen LogP) is 0.519. The van der Waals surface area contributed by atoms with Crippen molar-refractivity contribution in [2.24, 2.45) is 0 Å². The van der Waals surface area contributed by atoms with Crippen LogP contribution in [0.2, 0.25) is 0 Å². The first kappa shape index (κ1) is 12.5. The van der Waals surface area contributed by atoms with E-state index in [1.54, 1.807) is 0 Å². The van der Waals surface area contributed by atoms with Crippen molar-refractivity contribution >= 4 is 0 Å². The summed E-state index contributed by atoms with van der Waals surface area (Å²) < 4.78 is 28.9. The molecule has 4 rings (SSSR count). The van der Waals surface area contributed by atoms with Crippen molar-refractivity contribution in [1.29, 1.82) is 0 Å². The Hall–Kier alpha value is -0.240. The van der Waals surface area contributed by atoms with Crippen LogP contribution in [0.25, 0.3) is 0 Å². The lowest BCUT2D eigenvalue weighted by molar-refractivity contribution is -0.350. The molecule has 0 saturated carbocycles. The fraction of sp³-hybridized carbons (Fsp3) is 1.00.